The van der Waals surface area contributed by atoms with E-state index in [1.54, 1.807) is 0 Å². The van der Waals surface area contributed by atoms with E-state index in [2.05, 4.69) is 47.6 Å². The highest BCUT2D eigenvalue weighted by atomic mass is 16.3. The molecule has 4 aliphatic rings. The molecule has 1 aromatic heterocycles. The summed E-state index contributed by atoms with van der Waals surface area (Å²) in [5, 5.41) is 21.8. The third-order valence-corrected chi connectivity index (χ3v) is 11.6. The van der Waals surface area contributed by atoms with Crippen LogP contribution in [-0.2, 0) is 11.2 Å². The first-order valence-corrected chi connectivity index (χ1v) is 13.5. The van der Waals surface area contributed by atoms with Crippen molar-refractivity contribution < 1.29 is 19.4 Å². The van der Waals surface area contributed by atoms with E-state index in [1.807, 2.05) is 6.26 Å². The first kappa shape index (κ1) is 24.3. The fourth-order valence-corrected chi connectivity index (χ4v) is 9.54. The predicted octanol–water partition coefficient (Wildman–Crippen LogP) is 6.03. The number of fused-ring (bicyclic) bond motifs is 4. The van der Waals surface area contributed by atoms with E-state index in [-0.39, 0.29) is 41.0 Å². The Morgan fingerprint density at radius 3 is 2.50 bits per heavy atom. The number of hydrogen-bond acceptors (Lipinski definition) is 4. The highest BCUT2D eigenvalue weighted by Gasteiger charge is 2.66. The lowest BCUT2D eigenvalue weighted by molar-refractivity contribution is -0.153. The number of carbonyl (C=O) groups is 1. The van der Waals surface area contributed by atoms with Crippen molar-refractivity contribution in [1.82, 2.24) is 0 Å². The highest BCUT2D eigenvalue weighted by Crippen LogP contribution is 2.72. The van der Waals surface area contributed by atoms with Gasteiger partial charge in [0.1, 0.15) is 11.5 Å². The molecule has 0 unspecified atom stereocenters. The number of hydrogen-bond donors (Lipinski definition) is 2. The van der Waals surface area contributed by atoms with Gasteiger partial charge in [-0.25, -0.2) is 0 Å². The summed E-state index contributed by atoms with van der Waals surface area (Å²) in [5.41, 5.74) is 2.93. The number of allylic oxidation sites excluding steroid dienone is 1. The van der Waals surface area contributed by atoms with Crippen LogP contribution in [0, 0.1) is 46.3 Å². The third kappa shape index (κ3) is 3.00. The fourth-order valence-electron chi connectivity index (χ4n) is 9.54. The zero-order chi connectivity index (χ0) is 24.7. The second kappa shape index (κ2) is 7.80. The molecule has 4 nitrogen and oxygen atoms in total. The Morgan fingerprint density at radius 1 is 1.12 bits per heavy atom. The molecule has 34 heavy (non-hydrogen) atoms. The molecule has 188 valence electrons. The molecule has 0 saturated heterocycles. The molecule has 0 amide bonds. The molecule has 1 aromatic rings. The smallest absolute Gasteiger partial charge is 0.145 e. The van der Waals surface area contributed by atoms with Crippen molar-refractivity contribution in [3.05, 3.63) is 34.8 Å². The van der Waals surface area contributed by atoms with E-state index >= 15 is 0 Å². The van der Waals surface area contributed by atoms with Crippen LogP contribution in [0.1, 0.15) is 90.9 Å². The lowest BCUT2D eigenvalue weighted by Gasteiger charge is -2.61. The molecule has 0 spiro atoms. The minimum Gasteiger partial charge on any atom is -0.469 e. The van der Waals surface area contributed by atoms with E-state index in [0.717, 1.165) is 50.7 Å². The molecular formula is C30H44O4. The Kier molecular flexibility index (Phi) is 5.58. The monoisotopic (exact) mass is 468 g/mol. The van der Waals surface area contributed by atoms with E-state index < -0.39 is 11.5 Å². The standard InChI is InChI=1S/C30H44O4/c1-18-13-20(34-16-18)14-19(2)21-10-12-30(17-31)23-7-8-24-27(3,4)25(32)15-26(33)29(24,6)22(23)9-11-28(21,30)5/h13,16,19,21,24-25,31-32H,7-12,14-15,17H2,1-6H3/t19-,21-,24+,25+,28-,29-,30-/m1/s1. The molecule has 7 atom stereocenters. The molecule has 0 aliphatic heterocycles. The Balaban J connectivity index is 1.54. The second-order valence-corrected chi connectivity index (χ2v) is 13.3. The maximum atomic E-state index is 13.6. The van der Waals surface area contributed by atoms with Gasteiger partial charge in [0.2, 0.25) is 0 Å². The number of aryl methyl sites for hydroxylation is 1. The lowest BCUT2D eigenvalue weighted by Crippen LogP contribution is -2.59. The molecule has 0 bridgehead atoms. The number of aliphatic hydroxyl groups is 2. The van der Waals surface area contributed by atoms with Gasteiger partial charge in [-0.05, 0) is 92.6 Å². The van der Waals surface area contributed by atoms with Gasteiger partial charge in [-0.1, -0.05) is 38.8 Å². The zero-order valence-electron chi connectivity index (χ0n) is 22.0. The predicted molar refractivity (Wildman–Crippen MR) is 133 cm³/mol. The third-order valence-electron chi connectivity index (χ3n) is 11.6. The first-order chi connectivity index (χ1) is 15.9. The highest BCUT2D eigenvalue weighted by molar-refractivity contribution is 5.90. The number of furan rings is 1. The number of Topliss-reactive ketones (excluding diaryl/α,β-unsaturated/α-hetero) is 1. The fraction of sp³-hybridized carbons (Fsp3) is 0.767. The topological polar surface area (TPSA) is 70.7 Å². The maximum absolute atomic E-state index is 13.6. The molecule has 2 N–H and O–H groups in total. The summed E-state index contributed by atoms with van der Waals surface area (Å²) in [6.45, 7) is 13.5. The summed E-state index contributed by atoms with van der Waals surface area (Å²) >= 11 is 0. The number of aliphatic hydroxyl groups excluding tert-OH is 2. The Labute approximate surface area is 205 Å². The SMILES string of the molecule is Cc1coc(C[C@@H](C)[C@H]2CC[C@@]3(CO)C4=C(CC[C@]23C)[C@@]2(C)C(=O)C[C@H](O)C(C)(C)[C@@H]2CC4)c1. The molecular weight excluding hydrogens is 424 g/mol. The summed E-state index contributed by atoms with van der Waals surface area (Å²) in [5.74, 6) is 2.43. The molecule has 0 radical (unpaired) electrons. The van der Waals surface area contributed by atoms with Crippen LogP contribution >= 0.6 is 0 Å². The summed E-state index contributed by atoms with van der Waals surface area (Å²) in [7, 11) is 0. The van der Waals surface area contributed by atoms with Crippen LogP contribution in [0.2, 0.25) is 0 Å². The van der Waals surface area contributed by atoms with Crippen molar-refractivity contribution in [2.75, 3.05) is 6.61 Å². The Bertz CT molecular complexity index is 1020. The molecule has 2 saturated carbocycles. The molecule has 5 rings (SSSR count). The van der Waals surface area contributed by atoms with Crippen molar-refractivity contribution in [2.45, 2.75) is 99.0 Å². The van der Waals surface area contributed by atoms with Gasteiger partial charge in [-0.3, -0.25) is 4.79 Å². The minimum atomic E-state index is -0.567. The average Bonchev–Trinajstić information content (AvgIpc) is 3.32. The molecule has 4 aliphatic carbocycles. The van der Waals surface area contributed by atoms with Crippen LogP contribution in [0.4, 0.5) is 0 Å². The van der Waals surface area contributed by atoms with Crippen molar-refractivity contribution >= 4 is 5.78 Å². The van der Waals surface area contributed by atoms with Gasteiger partial charge >= 0.3 is 0 Å². The summed E-state index contributed by atoms with van der Waals surface area (Å²) in [6, 6.07) is 2.15. The Morgan fingerprint density at radius 2 is 1.85 bits per heavy atom. The quantitative estimate of drug-likeness (QED) is 0.530. The van der Waals surface area contributed by atoms with Gasteiger partial charge in [0, 0.05) is 18.3 Å². The molecule has 2 fully saturated rings. The van der Waals surface area contributed by atoms with Crippen molar-refractivity contribution in [3.8, 4) is 0 Å². The van der Waals surface area contributed by atoms with Gasteiger partial charge in [-0.15, -0.1) is 0 Å². The molecule has 1 heterocycles. The van der Waals surface area contributed by atoms with E-state index in [1.165, 1.54) is 16.7 Å². The summed E-state index contributed by atoms with van der Waals surface area (Å²) in [4.78, 5) is 13.6. The largest absolute Gasteiger partial charge is 0.469 e. The zero-order valence-corrected chi connectivity index (χ0v) is 22.0. The van der Waals surface area contributed by atoms with E-state index in [0.29, 0.717) is 11.8 Å². The normalized spacial score (nSPS) is 42.2. The number of rotatable bonds is 4. The Hall–Kier alpha value is -1.39. The van der Waals surface area contributed by atoms with Crippen LogP contribution in [0.25, 0.3) is 0 Å². The van der Waals surface area contributed by atoms with Crippen molar-refractivity contribution in [1.29, 1.82) is 0 Å². The van der Waals surface area contributed by atoms with Crippen LogP contribution in [0.3, 0.4) is 0 Å². The van der Waals surface area contributed by atoms with E-state index in [4.69, 9.17) is 4.42 Å². The van der Waals surface area contributed by atoms with Crippen LogP contribution < -0.4 is 0 Å². The van der Waals surface area contributed by atoms with Crippen molar-refractivity contribution in [3.63, 3.8) is 0 Å². The van der Waals surface area contributed by atoms with Crippen LogP contribution in [0.5, 0.6) is 0 Å². The lowest BCUT2D eigenvalue weighted by atomic mass is 9.42. The molecule has 4 heteroatoms. The minimum absolute atomic E-state index is 0.0254. The van der Waals surface area contributed by atoms with Crippen molar-refractivity contribution in [2.24, 2.45) is 39.4 Å². The van der Waals surface area contributed by atoms with Gasteiger partial charge in [0.25, 0.3) is 0 Å². The molecule has 0 aromatic carbocycles. The second-order valence-electron chi connectivity index (χ2n) is 13.3. The van der Waals surface area contributed by atoms with Crippen LogP contribution in [0.15, 0.2) is 27.9 Å². The summed E-state index contributed by atoms with van der Waals surface area (Å²) in [6.07, 6.45) is 8.43. The van der Waals surface area contributed by atoms with E-state index in [9.17, 15) is 15.0 Å². The van der Waals surface area contributed by atoms with Crippen LogP contribution in [-0.4, -0.2) is 28.7 Å². The number of ketones is 1. The maximum Gasteiger partial charge on any atom is 0.145 e. The van der Waals surface area contributed by atoms with Gasteiger partial charge in [0.05, 0.1) is 24.4 Å². The average molecular weight is 469 g/mol. The summed E-state index contributed by atoms with van der Waals surface area (Å²) < 4.78 is 5.80. The number of carbonyl (C=O) groups excluding carboxylic acids is 1. The van der Waals surface area contributed by atoms with Gasteiger partial charge in [0.15, 0.2) is 0 Å². The van der Waals surface area contributed by atoms with Gasteiger partial charge < -0.3 is 14.6 Å². The van der Waals surface area contributed by atoms with Gasteiger partial charge in [-0.2, -0.15) is 0 Å². The first-order valence-electron chi connectivity index (χ1n) is 13.5.